The number of hydrogen-bond donors (Lipinski definition) is 2. The Bertz CT molecular complexity index is 70.1. The minimum Gasteiger partial charge on any atom is -0.290 e. The second-order valence-corrected chi connectivity index (χ2v) is 1.17. The highest BCUT2D eigenvalue weighted by Gasteiger charge is 1.76. The van der Waals surface area contributed by atoms with Crippen LogP contribution in [0, 0.1) is 0 Å². The number of aliphatic imine (C=N–C) groups is 1. The molecular formula is C4H10N2O. The number of nitrogens with one attached hydrogen (secondary N) is 1. The predicted octanol–water partition coefficient (Wildman–Crippen LogP) is 0.403. The Hall–Kier alpha value is -0.570. The van der Waals surface area contributed by atoms with Gasteiger partial charge in [-0.05, 0) is 13.8 Å². The van der Waals surface area contributed by atoms with Crippen LogP contribution in [-0.2, 0) is 0 Å². The molecule has 0 unspecified atom stereocenters. The molecule has 0 saturated heterocycles. The van der Waals surface area contributed by atoms with E-state index in [4.69, 9.17) is 5.21 Å². The van der Waals surface area contributed by atoms with Gasteiger partial charge in [0, 0.05) is 6.54 Å². The molecule has 2 N–H and O–H groups in total. The first-order valence-electron chi connectivity index (χ1n) is 2.22. The molecule has 0 spiro atoms. The standard InChI is InChI=1S/C4H10N2O/c1-3-5-4(2)6-7/h7H,3H2,1-2H3,(H,5,6). The smallest absolute Gasteiger partial charge is 0.117 e. The van der Waals surface area contributed by atoms with Crippen molar-refractivity contribution in [1.29, 1.82) is 0 Å². The van der Waals surface area contributed by atoms with E-state index in [2.05, 4.69) is 4.99 Å². The Morgan fingerprint density at radius 2 is 2.43 bits per heavy atom. The van der Waals surface area contributed by atoms with Gasteiger partial charge in [-0.3, -0.25) is 15.7 Å². The molecule has 0 rings (SSSR count). The molecule has 0 atom stereocenters. The van der Waals surface area contributed by atoms with Gasteiger partial charge in [0.2, 0.25) is 0 Å². The summed E-state index contributed by atoms with van der Waals surface area (Å²) in [6, 6.07) is 0. The lowest BCUT2D eigenvalue weighted by molar-refractivity contribution is 0.233. The lowest BCUT2D eigenvalue weighted by atomic mass is 10.7. The molecule has 0 saturated carbocycles. The van der Waals surface area contributed by atoms with Crippen LogP contribution >= 0.6 is 0 Å². The fourth-order valence-corrected chi connectivity index (χ4v) is 0.273. The number of rotatable bonds is 1. The summed E-state index contributed by atoms with van der Waals surface area (Å²) in [7, 11) is 0. The van der Waals surface area contributed by atoms with E-state index < -0.39 is 0 Å². The maximum absolute atomic E-state index is 8.09. The molecule has 42 valence electrons. The number of hydroxylamine groups is 1. The van der Waals surface area contributed by atoms with Crippen LogP contribution in [0.3, 0.4) is 0 Å². The van der Waals surface area contributed by atoms with E-state index in [0.29, 0.717) is 12.4 Å². The van der Waals surface area contributed by atoms with Gasteiger partial charge in [0.05, 0.1) is 0 Å². The Kier molecular flexibility index (Phi) is 3.32. The highest BCUT2D eigenvalue weighted by Crippen LogP contribution is 1.67. The lowest BCUT2D eigenvalue weighted by Crippen LogP contribution is -2.14. The molecule has 0 heterocycles. The summed E-state index contributed by atoms with van der Waals surface area (Å²) in [6.45, 7) is 4.31. The molecule has 0 aliphatic rings. The maximum atomic E-state index is 8.09. The summed E-state index contributed by atoms with van der Waals surface area (Å²) in [6.07, 6.45) is 0. The zero-order valence-electron chi connectivity index (χ0n) is 4.60. The molecule has 0 aliphatic heterocycles. The largest absolute Gasteiger partial charge is 0.290 e. The van der Waals surface area contributed by atoms with Gasteiger partial charge in [-0.1, -0.05) is 0 Å². The van der Waals surface area contributed by atoms with E-state index >= 15 is 0 Å². The molecule has 3 heteroatoms. The van der Waals surface area contributed by atoms with Crippen molar-refractivity contribution in [3.8, 4) is 0 Å². The van der Waals surface area contributed by atoms with E-state index in [0.717, 1.165) is 0 Å². The number of hydrogen-bond acceptors (Lipinski definition) is 2. The number of amidine groups is 1. The van der Waals surface area contributed by atoms with Crippen molar-refractivity contribution in [3.05, 3.63) is 0 Å². The van der Waals surface area contributed by atoms with E-state index in [-0.39, 0.29) is 0 Å². The molecule has 0 aromatic rings. The van der Waals surface area contributed by atoms with Crippen LogP contribution in [0.15, 0.2) is 4.99 Å². The highest BCUT2D eigenvalue weighted by molar-refractivity contribution is 5.78. The van der Waals surface area contributed by atoms with E-state index in [9.17, 15) is 0 Å². The van der Waals surface area contributed by atoms with E-state index in [1.807, 2.05) is 12.4 Å². The zero-order valence-corrected chi connectivity index (χ0v) is 4.60. The third kappa shape index (κ3) is 3.26. The summed E-state index contributed by atoms with van der Waals surface area (Å²) in [5, 5.41) is 8.09. The molecule has 0 amide bonds. The summed E-state index contributed by atoms with van der Waals surface area (Å²) >= 11 is 0. The van der Waals surface area contributed by atoms with Gasteiger partial charge in [-0.2, -0.15) is 0 Å². The minimum atomic E-state index is 0.558. The maximum Gasteiger partial charge on any atom is 0.117 e. The van der Waals surface area contributed by atoms with Crippen LogP contribution in [0.1, 0.15) is 13.8 Å². The topological polar surface area (TPSA) is 44.6 Å². The Morgan fingerprint density at radius 3 is 2.57 bits per heavy atom. The van der Waals surface area contributed by atoms with Gasteiger partial charge in [-0.15, -0.1) is 0 Å². The fraction of sp³-hybridized carbons (Fsp3) is 0.750. The molecule has 3 nitrogen and oxygen atoms in total. The zero-order chi connectivity index (χ0) is 5.70. The quantitative estimate of drug-likeness (QED) is 0.286. The van der Waals surface area contributed by atoms with Gasteiger partial charge >= 0.3 is 0 Å². The fourth-order valence-electron chi connectivity index (χ4n) is 0.273. The average Bonchev–Trinajstić information content (AvgIpc) is 1.68. The van der Waals surface area contributed by atoms with Gasteiger partial charge in [-0.25, -0.2) is 0 Å². The van der Waals surface area contributed by atoms with Crippen molar-refractivity contribution in [2.45, 2.75) is 13.8 Å². The molecule has 0 aromatic heterocycles. The normalized spacial score (nSPS) is 11.6. The van der Waals surface area contributed by atoms with Crippen molar-refractivity contribution < 1.29 is 5.21 Å². The molecular weight excluding hydrogens is 92.1 g/mol. The predicted molar refractivity (Wildman–Crippen MR) is 28.6 cm³/mol. The van der Waals surface area contributed by atoms with Crippen molar-refractivity contribution in [2.75, 3.05) is 6.54 Å². The first kappa shape index (κ1) is 6.43. The van der Waals surface area contributed by atoms with Crippen LogP contribution in [-0.4, -0.2) is 17.6 Å². The molecule has 0 bridgehead atoms. The average molecular weight is 102 g/mol. The van der Waals surface area contributed by atoms with Crippen molar-refractivity contribution in [3.63, 3.8) is 0 Å². The monoisotopic (exact) mass is 102 g/mol. The summed E-state index contributed by atoms with van der Waals surface area (Å²) in [5.41, 5.74) is 1.92. The molecule has 0 aromatic carbocycles. The minimum absolute atomic E-state index is 0.558. The molecule has 7 heavy (non-hydrogen) atoms. The Morgan fingerprint density at radius 1 is 1.86 bits per heavy atom. The first-order valence-corrected chi connectivity index (χ1v) is 2.22. The third-order valence-corrected chi connectivity index (χ3v) is 0.557. The van der Waals surface area contributed by atoms with Crippen LogP contribution in [0.4, 0.5) is 0 Å². The summed E-state index contributed by atoms with van der Waals surface area (Å²) in [4.78, 5) is 3.80. The summed E-state index contributed by atoms with van der Waals surface area (Å²) in [5.74, 6) is 0.558. The third-order valence-electron chi connectivity index (χ3n) is 0.557. The van der Waals surface area contributed by atoms with Crippen LogP contribution in [0.2, 0.25) is 0 Å². The SMILES string of the molecule is CCN=C(C)NO. The van der Waals surface area contributed by atoms with Gasteiger partial charge < -0.3 is 0 Å². The van der Waals surface area contributed by atoms with E-state index in [1.165, 1.54) is 0 Å². The highest BCUT2D eigenvalue weighted by atomic mass is 16.5. The van der Waals surface area contributed by atoms with E-state index in [1.54, 1.807) is 6.92 Å². The number of nitrogens with zero attached hydrogens (tertiary/aromatic N) is 1. The summed E-state index contributed by atoms with van der Waals surface area (Å²) < 4.78 is 0. The van der Waals surface area contributed by atoms with Crippen LogP contribution < -0.4 is 5.48 Å². The first-order chi connectivity index (χ1) is 3.31. The van der Waals surface area contributed by atoms with Crippen LogP contribution in [0.25, 0.3) is 0 Å². The van der Waals surface area contributed by atoms with Crippen molar-refractivity contribution in [2.24, 2.45) is 4.99 Å². The Balaban J connectivity index is 3.29. The molecule has 0 radical (unpaired) electrons. The van der Waals surface area contributed by atoms with Gasteiger partial charge in [0.25, 0.3) is 0 Å². The van der Waals surface area contributed by atoms with Crippen LogP contribution in [0.5, 0.6) is 0 Å². The van der Waals surface area contributed by atoms with Gasteiger partial charge in [0.1, 0.15) is 5.84 Å². The molecule has 0 aliphatic carbocycles. The van der Waals surface area contributed by atoms with Crippen molar-refractivity contribution in [1.82, 2.24) is 5.48 Å². The second kappa shape index (κ2) is 3.61. The second-order valence-electron chi connectivity index (χ2n) is 1.17. The molecule has 0 fully saturated rings. The Labute approximate surface area is 43.0 Å². The van der Waals surface area contributed by atoms with Gasteiger partial charge in [0.15, 0.2) is 0 Å². The van der Waals surface area contributed by atoms with Crippen molar-refractivity contribution >= 4 is 5.84 Å². The lowest BCUT2D eigenvalue weighted by Gasteiger charge is -1.91.